The lowest BCUT2D eigenvalue weighted by Crippen LogP contribution is -2.21. The average Bonchev–Trinajstić information content (AvgIpc) is 2.12. The van der Waals surface area contributed by atoms with Gasteiger partial charge in [-0.15, -0.1) is 0 Å². The molecule has 0 saturated carbocycles. The van der Waals surface area contributed by atoms with Crippen LogP contribution in [0.15, 0.2) is 16.6 Å². The predicted molar refractivity (Wildman–Crippen MR) is 50.3 cm³/mol. The second-order valence-electron chi connectivity index (χ2n) is 2.61. The normalized spacial score (nSPS) is 12.5. The van der Waals surface area contributed by atoms with E-state index in [1.54, 1.807) is 0 Å². The first-order valence-corrected chi connectivity index (χ1v) is 4.39. The smallest absolute Gasteiger partial charge is 0.325 e. The summed E-state index contributed by atoms with van der Waals surface area (Å²) in [4.78, 5) is 10.5. The highest BCUT2D eigenvalue weighted by atomic mass is 79.9. The largest absolute Gasteiger partial charge is 0.505 e. The van der Waals surface area contributed by atoms with Crippen LogP contribution in [0.5, 0.6) is 5.75 Å². The summed E-state index contributed by atoms with van der Waals surface area (Å²) >= 11 is 2.98. The number of aliphatic carboxylic acids is 1. The number of hydrogen-bond donors (Lipinski definition) is 3. The van der Waals surface area contributed by atoms with Crippen molar-refractivity contribution in [3.8, 4) is 5.75 Å². The molecule has 4 N–H and O–H groups in total. The highest BCUT2D eigenvalue weighted by molar-refractivity contribution is 9.10. The van der Waals surface area contributed by atoms with Crippen LogP contribution in [-0.4, -0.2) is 16.2 Å². The number of nitrogens with two attached hydrogens (primary N) is 1. The number of halogens is 2. The van der Waals surface area contributed by atoms with E-state index in [0.717, 1.165) is 6.07 Å². The fourth-order valence-electron chi connectivity index (χ4n) is 0.976. The first kappa shape index (κ1) is 10.9. The Morgan fingerprint density at radius 1 is 1.57 bits per heavy atom. The molecular formula is C8H7BrFNO3. The van der Waals surface area contributed by atoms with Gasteiger partial charge in [0.15, 0.2) is 11.6 Å². The second kappa shape index (κ2) is 3.93. The number of carbonyl (C=O) groups is 1. The van der Waals surface area contributed by atoms with E-state index in [-0.39, 0.29) is 10.0 Å². The summed E-state index contributed by atoms with van der Waals surface area (Å²) in [6, 6.07) is 0.838. The van der Waals surface area contributed by atoms with Gasteiger partial charge in [-0.25, -0.2) is 4.39 Å². The maximum absolute atomic E-state index is 12.9. The van der Waals surface area contributed by atoms with Gasteiger partial charge in [0, 0.05) is 10.0 Å². The Morgan fingerprint density at radius 3 is 2.64 bits per heavy atom. The van der Waals surface area contributed by atoms with Crippen molar-refractivity contribution < 1.29 is 19.4 Å². The summed E-state index contributed by atoms with van der Waals surface area (Å²) in [5.41, 5.74) is 5.08. The van der Waals surface area contributed by atoms with Gasteiger partial charge < -0.3 is 15.9 Å². The molecule has 1 atom stereocenters. The van der Waals surface area contributed by atoms with Crippen molar-refractivity contribution >= 4 is 21.9 Å². The third-order valence-corrected chi connectivity index (χ3v) is 2.38. The van der Waals surface area contributed by atoms with Gasteiger partial charge in [-0.3, -0.25) is 4.79 Å². The molecule has 0 aliphatic heterocycles. The lowest BCUT2D eigenvalue weighted by molar-refractivity contribution is -0.138. The quantitative estimate of drug-likeness (QED) is 0.753. The minimum absolute atomic E-state index is 0.169. The summed E-state index contributed by atoms with van der Waals surface area (Å²) < 4.78 is 13.1. The third kappa shape index (κ3) is 1.85. The molecule has 4 nitrogen and oxygen atoms in total. The fraction of sp³-hybridized carbons (Fsp3) is 0.125. The molecule has 1 aromatic rings. The van der Waals surface area contributed by atoms with Crippen molar-refractivity contribution in [3.63, 3.8) is 0 Å². The topological polar surface area (TPSA) is 83.6 Å². The zero-order valence-corrected chi connectivity index (χ0v) is 8.45. The molecule has 0 aromatic heterocycles. The van der Waals surface area contributed by atoms with Crippen LogP contribution in [0.25, 0.3) is 0 Å². The Hall–Kier alpha value is -1.14. The average molecular weight is 264 g/mol. The maximum Gasteiger partial charge on any atom is 0.325 e. The molecule has 0 fully saturated rings. The molecule has 0 aliphatic rings. The van der Waals surface area contributed by atoms with Crippen LogP contribution >= 0.6 is 15.9 Å². The van der Waals surface area contributed by atoms with Crippen molar-refractivity contribution in [1.82, 2.24) is 0 Å². The van der Waals surface area contributed by atoms with Crippen LogP contribution in [0.3, 0.4) is 0 Å². The van der Waals surface area contributed by atoms with E-state index >= 15 is 0 Å². The Balaban J connectivity index is 3.32. The number of benzene rings is 1. The fourth-order valence-corrected chi connectivity index (χ4v) is 1.54. The highest BCUT2D eigenvalue weighted by Gasteiger charge is 2.23. The lowest BCUT2D eigenvalue weighted by Gasteiger charge is -2.11. The summed E-state index contributed by atoms with van der Waals surface area (Å²) in [5, 5.41) is 17.8. The third-order valence-electron chi connectivity index (χ3n) is 1.69. The molecule has 76 valence electrons. The Bertz CT molecular complexity index is 383. The number of carboxylic acid groups (broad SMARTS) is 1. The molecule has 14 heavy (non-hydrogen) atoms. The van der Waals surface area contributed by atoms with Gasteiger partial charge in [-0.1, -0.05) is 15.9 Å². The number of carboxylic acids is 1. The predicted octanol–water partition coefficient (Wildman–Crippen LogP) is 1.38. The van der Waals surface area contributed by atoms with Gasteiger partial charge in [0.1, 0.15) is 6.04 Å². The van der Waals surface area contributed by atoms with Gasteiger partial charge in [0.25, 0.3) is 0 Å². The van der Waals surface area contributed by atoms with E-state index in [0.29, 0.717) is 0 Å². The van der Waals surface area contributed by atoms with Crippen LogP contribution in [0, 0.1) is 5.82 Å². The van der Waals surface area contributed by atoms with E-state index in [1.165, 1.54) is 6.07 Å². The van der Waals surface area contributed by atoms with Gasteiger partial charge in [0.05, 0.1) is 0 Å². The molecule has 0 saturated heterocycles. The first-order valence-electron chi connectivity index (χ1n) is 3.60. The molecule has 0 unspecified atom stereocenters. The highest BCUT2D eigenvalue weighted by Crippen LogP contribution is 2.32. The molecule has 0 amide bonds. The minimum Gasteiger partial charge on any atom is -0.505 e. The summed E-state index contributed by atoms with van der Waals surface area (Å²) in [6.07, 6.45) is 0. The summed E-state index contributed by atoms with van der Waals surface area (Å²) in [7, 11) is 0. The van der Waals surface area contributed by atoms with E-state index in [1.807, 2.05) is 0 Å². The molecule has 6 heteroatoms. The second-order valence-corrected chi connectivity index (χ2v) is 3.46. The maximum atomic E-state index is 12.9. The monoisotopic (exact) mass is 263 g/mol. The van der Waals surface area contributed by atoms with E-state index in [4.69, 9.17) is 10.8 Å². The Labute approximate surface area is 87.3 Å². The molecule has 1 rings (SSSR count). The minimum atomic E-state index is -1.46. The first-order chi connectivity index (χ1) is 6.45. The van der Waals surface area contributed by atoms with Crippen molar-refractivity contribution in [1.29, 1.82) is 0 Å². The van der Waals surface area contributed by atoms with E-state index in [2.05, 4.69) is 15.9 Å². The Kier molecular flexibility index (Phi) is 3.07. The summed E-state index contributed by atoms with van der Waals surface area (Å²) in [5.74, 6) is -2.99. The zero-order chi connectivity index (χ0) is 10.9. The molecule has 1 aromatic carbocycles. The summed E-state index contributed by atoms with van der Waals surface area (Å²) in [6.45, 7) is 0. The van der Waals surface area contributed by atoms with Gasteiger partial charge in [0.2, 0.25) is 0 Å². The number of aromatic hydroxyl groups is 1. The van der Waals surface area contributed by atoms with E-state index < -0.39 is 23.6 Å². The molecule has 0 heterocycles. The number of phenols is 1. The van der Waals surface area contributed by atoms with Crippen LogP contribution in [0.1, 0.15) is 11.6 Å². The van der Waals surface area contributed by atoms with Crippen molar-refractivity contribution in [3.05, 3.63) is 28.0 Å². The van der Waals surface area contributed by atoms with Crippen LogP contribution in [0.2, 0.25) is 0 Å². The van der Waals surface area contributed by atoms with Crippen LogP contribution in [0.4, 0.5) is 4.39 Å². The standard InChI is InChI=1S/C8H7BrFNO3/c9-3-1-2-4(10)7(12)5(3)6(11)8(13)14/h1-2,6,12H,11H2,(H,13,14)/t6-/m0/s1. The number of rotatable bonds is 2. The Morgan fingerprint density at radius 2 is 2.14 bits per heavy atom. The van der Waals surface area contributed by atoms with Crippen LogP contribution < -0.4 is 5.73 Å². The SMILES string of the molecule is N[C@H](C(=O)O)c1c(Br)ccc(F)c1O. The van der Waals surface area contributed by atoms with Gasteiger partial charge >= 0.3 is 5.97 Å². The number of hydrogen-bond acceptors (Lipinski definition) is 3. The number of phenolic OH excluding ortho intramolecular Hbond substituents is 1. The molecular weight excluding hydrogens is 257 g/mol. The van der Waals surface area contributed by atoms with Gasteiger partial charge in [-0.05, 0) is 12.1 Å². The van der Waals surface area contributed by atoms with Crippen molar-refractivity contribution in [2.45, 2.75) is 6.04 Å². The zero-order valence-electron chi connectivity index (χ0n) is 6.87. The van der Waals surface area contributed by atoms with E-state index in [9.17, 15) is 14.3 Å². The van der Waals surface area contributed by atoms with Crippen molar-refractivity contribution in [2.75, 3.05) is 0 Å². The van der Waals surface area contributed by atoms with Gasteiger partial charge in [-0.2, -0.15) is 0 Å². The molecule has 0 radical (unpaired) electrons. The van der Waals surface area contributed by atoms with Crippen molar-refractivity contribution in [2.24, 2.45) is 5.73 Å². The van der Waals surface area contributed by atoms with Crippen LogP contribution in [-0.2, 0) is 4.79 Å². The molecule has 0 spiro atoms. The molecule has 0 bridgehead atoms. The molecule has 0 aliphatic carbocycles. The lowest BCUT2D eigenvalue weighted by atomic mass is 10.1.